The van der Waals surface area contributed by atoms with Crippen LogP contribution in [0.3, 0.4) is 0 Å². The first-order valence-electron chi connectivity index (χ1n) is 10.4. The molecule has 0 aliphatic carbocycles. The molecule has 2 aromatic carbocycles. The van der Waals surface area contributed by atoms with Gasteiger partial charge >= 0.3 is 0 Å². The molecule has 10 nitrogen and oxygen atoms in total. The van der Waals surface area contributed by atoms with Crippen LogP contribution in [-0.4, -0.2) is 45.1 Å². The molecule has 0 atom stereocenters. The molecule has 0 unspecified atom stereocenters. The number of benzene rings is 2. The molecule has 2 heterocycles. The Hall–Kier alpha value is -4.21. The lowest BCUT2D eigenvalue weighted by Gasteiger charge is -2.13. The van der Waals surface area contributed by atoms with Crippen LogP contribution >= 0.6 is 0 Å². The molecular formula is C23H25N7O3. The van der Waals surface area contributed by atoms with Gasteiger partial charge in [0, 0.05) is 29.7 Å². The third-order valence-corrected chi connectivity index (χ3v) is 5.02. The van der Waals surface area contributed by atoms with E-state index in [1.54, 1.807) is 26.5 Å². The van der Waals surface area contributed by atoms with Gasteiger partial charge in [0.1, 0.15) is 30.2 Å². The normalized spacial score (nSPS) is 10.9. The number of hydrogen-bond acceptors (Lipinski definition) is 8. The Labute approximate surface area is 191 Å². The fraction of sp³-hybridized carbons (Fsp3) is 0.261. The summed E-state index contributed by atoms with van der Waals surface area (Å²) in [7, 11) is 3.18. The summed E-state index contributed by atoms with van der Waals surface area (Å²) < 4.78 is 12.4. The maximum absolute atomic E-state index is 12.3. The molecule has 2 aromatic heterocycles. The van der Waals surface area contributed by atoms with Gasteiger partial charge < -0.3 is 20.1 Å². The van der Waals surface area contributed by atoms with Gasteiger partial charge in [-0.1, -0.05) is 19.1 Å². The highest BCUT2D eigenvalue weighted by Crippen LogP contribution is 2.35. The maximum Gasteiger partial charge on any atom is 0.246 e. The van der Waals surface area contributed by atoms with E-state index < -0.39 is 0 Å². The summed E-state index contributed by atoms with van der Waals surface area (Å²) in [6, 6.07) is 10.9. The van der Waals surface area contributed by atoms with Crippen LogP contribution in [0.5, 0.6) is 11.5 Å². The quantitative estimate of drug-likeness (QED) is 0.420. The van der Waals surface area contributed by atoms with Crippen molar-refractivity contribution in [1.82, 2.24) is 25.0 Å². The number of ether oxygens (including phenoxy) is 2. The van der Waals surface area contributed by atoms with Crippen LogP contribution in [0.25, 0.3) is 10.9 Å². The molecule has 33 heavy (non-hydrogen) atoms. The number of rotatable bonds is 8. The van der Waals surface area contributed by atoms with E-state index in [0.717, 1.165) is 16.8 Å². The van der Waals surface area contributed by atoms with E-state index in [2.05, 4.69) is 30.9 Å². The summed E-state index contributed by atoms with van der Waals surface area (Å²) in [6.45, 7) is 4.15. The Bertz CT molecular complexity index is 1270. The van der Waals surface area contributed by atoms with Gasteiger partial charge in [0.2, 0.25) is 5.91 Å². The number of nitrogens with one attached hydrogen (secondary N) is 2. The summed E-state index contributed by atoms with van der Waals surface area (Å²) in [4.78, 5) is 21.0. The lowest BCUT2D eigenvalue weighted by Crippen LogP contribution is -2.19. The van der Waals surface area contributed by atoms with Crippen molar-refractivity contribution < 1.29 is 14.3 Å². The van der Waals surface area contributed by atoms with Crippen molar-refractivity contribution in [1.29, 1.82) is 0 Å². The topological polar surface area (TPSA) is 116 Å². The lowest BCUT2D eigenvalue weighted by atomic mass is 10.2. The number of anilines is 3. The molecule has 10 heteroatoms. The van der Waals surface area contributed by atoms with E-state index in [0.29, 0.717) is 28.5 Å². The standard InChI is InChI=1S/C23H25N7O3/c1-14(2)19-11-30(29-28-19)12-21(31)26-15-5-7-16(8-6-15)27-23-22-18(24-13-25-23)9-17(32-3)10-20(22)33-4/h5-11,13-14H,12H2,1-4H3,(H,26,31)(H,24,25,27). The van der Waals surface area contributed by atoms with E-state index in [-0.39, 0.29) is 18.4 Å². The number of hydrogen-bond donors (Lipinski definition) is 2. The first kappa shape index (κ1) is 22.0. The van der Waals surface area contributed by atoms with Crippen molar-refractivity contribution in [3.63, 3.8) is 0 Å². The number of carbonyl (C=O) groups is 1. The Balaban J connectivity index is 1.46. The highest BCUT2D eigenvalue weighted by molar-refractivity contribution is 5.97. The van der Waals surface area contributed by atoms with E-state index in [1.165, 1.54) is 11.0 Å². The Morgan fingerprint density at radius 1 is 1.06 bits per heavy atom. The molecule has 170 valence electrons. The minimum Gasteiger partial charge on any atom is -0.497 e. The number of fused-ring (bicyclic) bond motifs is 1. The average molecular weight is 447 g/mol. The van der Waals surface area contributed by atoms with Crippen LogP contribution in [0.4, 0.5) is 17.2 Å². The molecule has 4 aromatic rings. The van der Waals surface area contributed by atoms with E-state index in [1.807, 2.05) is 44.2 Å². The van der Waals surface area contributed by atoms with E-state index >= 15 is 0 Å². The van der Waals surface area contributed by atoms with Gasteiger partial charge in [-0.2, -0.15) is 0 Å². The Kier molecular flexibility index (Phi) is 6.34. The predicted octanol–water partition coefficient (Wildman–Crippen LogP) is 3.74. The average Bonchev–Trinajstić information content (AvgIpc) is 3.28. The van der Waals surface area contributed by atoms with Crippen LogP contribution in [0.15, 0.2) is 48.9 Å². The van der Waals surface area contributed by atoms with Gasteiger partial charge in [-0.05, 0) is 30.2 Å². The number of methoxy groups -OCH3 is 2. The summed E-state index contributed by atoms with van der Waals surface area (Å²) in [5.41, 5.74) is 3.01. The molecule has 0 aliphatic heterocycles. The zero-order valence-electron chi connectivity index (χ0n) is 18.9. The zero-order chi connectivity index (χ0) is 23.4. The minimum absolute atomic E-state index is 0.0932. The Morgan fingerprint density at radius 3 is 2.48 bits per heavy atom. The fourth-order valence-electron chi connectivity index (χ4n) is 3.28. The molecule has 0 fully saturated rings. The molecule has 0 aliphatic rings. The highest BCUT2D eigenvalue weighted by Gasteiger charge is 2.13. The minimum atomic E-state index is -0.184. The first-order valence-corrected chi connectivity index (χ1v) is 10.4. The predicted molar refractivity (Wildman–Crippen MR) is 125 cm³/mol. The lowest BCUT2D eigenvalue weighted by molar-refractivity contribution is -0.116. The largest absolute Gasteiger partial charge is 0.497 e. The number of carbonyl (C=O) groups excluding carboxylic acids is 1. The summed E-state index contributed by atoms with van der Waals surface area (Å²) >= 11 is 0. The Morgan fingerprint density at radius 2 is 1.82 bits per heavy atom. The molecule has 0 bridgehead atoms. The summed E-state index contributed by atoms with van der Waals surface area (Å²) in [6.07, 6.45) is 3.26. The van der Waals surface area contributed by atoms with Crippen molar-refractivity contribution in [3.8, 4) is 11.5 Å². The highest BCUT2D eigenvalue weighted by atomic mass is 16.5. The summed E-state index contributed by atoms with van der Waals surface area (Å²) in [5.74, 6) is 1.93. The van der Waals surface area contributed by atoms with Gasteiger partial charge in [-0.25, -0.2) is 14.6 Å². The third kappa shape index (κ3) is 5.00. The van der Waals surface area contributed by atoms with Crippen molar-refractivity contribution in [3.05, 3.63) is 54.6 Å². The van der Waals surface area contributed by atoms with Gasteiger partial charge in [-0.15, -0.1) is 5.10 Å². The monoisotopic (exact) mass is 447 g/mol. The van der Waals surface area contributed by atoms with Crippen LogP contribution in [-0.2, 0) is 11.3 Å². The van der Waals surface area contributed by atoms with Gasteiger partial charge in [-0.3, -0.25) is 4.79 Å². The smallest absolute Gasteiger partial charge is 0.246 e. The van der Waals surface area contributed by atoms with Crippen molar-refractivity contribution in [2.24, 2.45) is 0 Å². The molecule has 0 saturated carbocycles. The second-order valence-electron chi connectivity index (χ2n) is 7.69. The molecule has 2 N–H and O–H groups in total. The number of nitrogens with zero attached hydrogens (tertiary/aromatic N) is 5. The van der Waals surface area contributed by atoms with Crippen LogP contribution in [0.1, 0.15) is 25.5 Å². The van der Waals surface area contributed by atoms with Gasteiger partial charge in [0.25, 0.3) is 0 Å². The van der Waals surface area contributed by atoms with Crippen LogP contribution in [0.2, 0.25) is 0 Å². The fourth-order valence-corrected chi connectivity index (χ4v) is 3.28. The molecule has 4 rings (SSSR count). The molecule has 0 radical (unpaired) electrons. The van der Waals surface area contributed by atoms with Crippen molar-refractivity contribution in [2.75, 3.05) is 24.9 Å². The SMILES string of the molecule is COc1cc(OC)c2c(Nc3ccc(NC(=O)Cn4cc(C(C)C)nn4)cc3)ncnc2c1. The second-order valence-corrected chi connectivity index (χ2v) is 7.69. The molecule has 0 saturated heterocycles. The number of amides is 1. The maximum atomic E-state index is 12.3. The van der Waals surface area contributed by atoms with Crippen LogP contribution in [0, 0.1) is 0 Å². The second kappa shape index (κ2) is 9.51. The van der Waals surface area contributed by atoms with Crippen molar-refractivity contribution in [2.45, 2.75) is 26.3 Å². The van der Waals surface area contributed by atoms with Gasteiger partial charge in [0.15, 0.2) is 0 Å². The first-order chi connectivity index (χ1) is 16.0. The zero-order valence-corrected chi connectivity index (χ0v) is 18.9. The van der Waals surface area contributed by atoms with E-state index in [4.69, 9.17) is 9.47 Å². The summed E-state index contributed by atoms with van der Waals surface area (Å²) in [5, 5.41) is 15.0. The molecule has 0 spiro atoms. The van der Waals surface area contributed by atoms with Gasteiger partial charge in [0.05, 0.1) is 30.8 Å². The number of aromatic nitrogens is 5. The van der Waals surface area contributed by atoms with Crippen molar-refractivity contribution >= 4 is 34.0 Å². The third-order valence-electron chi connectivity index (χ3n) is 5.02. The molecular weight excluding hydrogens is 422 g/mol. The van der Waals surface area contributed by atoms with Crippen LogP contribution < -0.4 is 20.1 Å². The molecule has 1 amide bonds. The van der Waals surface area contributed by atoms with E-state index in [9.17, 15) is 4.79 Å².